The van der Waals surface area contributed by atoms with Crippen molar-refractivity contribution in [2.75, 3.05) is 5.73 Å². The molecule has 0 heterocycles. The first-order valence-corrected chi connectivity index (χ1v) is 7.10. The largest absolute Gasteiger partial charge is 0.506 e. The van der Waals surface area contributed by atoms with E-state index in [1.807, 2.05) is 0 Å². The van der Waals surface area contributed by atoms with Gasteiger partial charge in [-0.15, -0.1) is 0 Å². The second kappa shape index (κ2) is 8.57. The van der Waals surface area contributed by atoms with E-state index in [0.717, 1.165) is 5.56 Å². The zero-order valence-corrected chi connectivity index (χ0v) is 13.0. The third-order valence-corrected chi connectivity index (χ3v) is 3.29. The van der Waals surface area contributed by atoms with Crippen LogP contribution in [0.3, 0.4) is 0 Å². The topological polar surface area (TPSA) is 125 Å². The highest BCUT2D eigenvalue weighted by molar-refractivity contribution is 5.93. The predicted octanol–water partition coefficient (Wildman–Crippen LogP) is 1.47. The molecule has 0 aliphatic heterocycles. The minimum atomic E-state index is -0.942. The van der Waals surface area contributed by atoms with Gasteiger partial charge in [0.25, 0.3) is 5.91 Å². The molecule has 0 aromatic heterocycles. The summed E-state index contributed by atoms with van der Waals surface area (Å²) in [7, 11) is 0. The summed E-state index contributed by atoms with van der Waals surface area (Å²) in [4.78, 5) is 26.4. The number of nitrogens with zero attached hydrogens (tertiary/aromatic N) is 1. The van der Waals surface area contributed by atoms with Crippen LogP contribution in [-0.4, -0.2) is 34.8 Å². The van der Waals surface area contributed by atoms with Crippen molar-refractivity contribution in [3.8, 4) is 5.75 Å². The third-order valence-electron chi connectivity index (χ3n) is 3.29. The number of hydrogen-bond donors (Lipinski definition) is 4. The number of carboxylic acids is 1. The number of nitrogens with one attached hydrogen (secondary N) is 1. The molecule has 23 heavy (non-hydrogen) atoms. The van der Waals surface area contributed by atoms with Gasteiger partial charge in [-0.1, -0.05) is 12.1 Å². The van der Waals surface area contributed by atoms with E-state index in [9.17, 15) is 14.7 Å². The van der Waals surface area contributed by atoms with Crippen LogP contribution in [0.2, 0.25) is 0 Å². The summed E-state index contributed by atoms with van der Waals surface area (Å²) in [5.41, 5.74) is 6.84. The van der Waals surface area contributed by atoms with E-state index in [0.29, 0.717) is 6.42 Å². The Morgan fingerprint density at radius 1 is 1.48 bits per heavy atom. The number of allylic oxidation sites excluding steroid dienone is 1. The number of anilines is 1. The molecule has 7 heteroatoms. The minimum absolute atomic E-state index is 0.0214. The summed E-state index contributed by atoms with van der Waals surface area (Å²) in [6.45, 7) is 4.99. The van der Waals surface area contributed by atoms with Gasteiger partial charge in [0.15, 0.2) is 0 Å². The van der Waals surface area contributed by atoms with Crippen LogP contribution in [0.25, 0.3) is 0 Å². The zero-order chi connectivity index (χ0) is 17.4. The summed E-state index contributed by atoms with van der Waals surface area (Å²) >= 11 is 0. The van der Waals surface area contributed by atoms with Crippen molar-refractivity contribution in [3.05, 3.63) is 35.5 Å². The molecule has 5 N–H and O–H groups in total. The average molecular weight is 319 g/mol. The standard InChI is InChI=1S/C16H21N3O4/c1-3-13(18-2)16(23)19-11(5-7-15(21)22)8-10-4-6-14(20)12(17)9-10/h3-4,6,9,11,20H,2,5,7-8,17H2,1H3,(H,19,23)(H,21,22)/b13-3-/t11-/m1/s1. The van der Waals surface area contributed by atoms with Crippen LogP contribution in [0.1, 0.15) is 25.3 Å². The van der Waals surface area contributed by atoms with Gasteiger partial charge in [-0.25, -0.2) is 0 Å². The smallest absolute Gasteiger partial charge is 0.303 e. The molecule has 0 aliphatic carbocycles. The number of carbonyl (C=O) groups excluding carboxylic acids is 1. The molecule has 0 spiro atoms. The van der Waals surface area contributed by atoms with Crippen LogP contribution >= 0.6 is 0 Å². The molecule has 0 radical (unpaired) electrons. The number of benzene rings is 1. The fraction of sp³-hybridized carbons (Fsp3) is 0.312. The Bertz CT molecular complexity index is 626. The first-order valence-electron chi connectivity index (χ1n) is 7.10. The average Bonchev–Trinajstić information content (AvgIpc) is 2.49. The Morgan fingerprint density at radius 3 is 2.70 bits per heavy atom. The quantitative estimate of drug-likeness (QED) is 0.250. The highest BCUT2D eigenvalue weighted by Gasteiger charge is 2.17. The molecule has 1 rings (SSSR count). The molecule has 124 valence electrons. The van der Waals surface area contributed by atoms with E-state index >= 15 is 0 Å². The lowest BCUT2D eigenvalue weighted by Crippen LogP contribution is -2.37. The maximum Gasteiger partial charge on any atom is 0.303 e. The number of carbonyl (C=O) groups is 2. The number of hydrogen-bond acceptors (Lipinski definition) is 5. The number of aliphatic carboxylic acids is 1. The molecule has 1 aromatic rings. The highest BCUT2D eigenvalue weighted by Crippen LogP contribution is 2.21. The normalized spacial score (nSPS) is 12.5. The van der Waals surface area contributed by atoms with Crippen molar-refractivity contribution in [3.63, 3.8) is 0 Å². The van der Waals surface area contributed by atoms with E-state index in [4.69, 9.17) is 10.8 Å². The van der Waals surface area contributed by atoms with Gasteiger partial charge < -0.3 is 21.3 Å². The van der Waals surface area contributed by atoms with E-state index in [-0.39, 0.29) is 30.0 Å². The van der Waals surface area contributed by atoms with E-state index in [1.165, 1.54) is 12.1 Å². The van der Waals surface area contributed by atoms with Crippen LogP contribution in [0.4, 0.5) is 5.69 Å². The van der Waals surface area contributed by atoms with Crippen LogP contribution in [-0.2, 0) is 16.0 Å². The zero-order valence-electron chi connectivity index (χ0n) is 13.0. The highest BCUT2D eigenvalue weighted by atomic mass is 16.4. The lowest BCUT2D eigenvalue weighted by atomic mass is 10.0. The molecule has 0 unspecified atom stereocenters. The fourth-order valence-electron chi connectivity index (χ4n) is 2.09. The van der Waals surface area contributed by atoms with E-state index in [1.54, 1.807) is 19.1 Å². The molecular formula is C16H21N3O4. The maximum absolute atomic E-state index is 12.0. The third kappa shape index (κ3) is 5.82. The summed E-state index contributed by atoms with van der Waals surface area (Å²) < 4.78 is 0. The molecule has 0 aliphatic rings. The maximum atomic E-state index is 12.0. The molecule has 0 bridgehead atoms. The summed E-state index contributed by atoms with van der Waals surface area (Å²) in [6.07, 6.45) is 2.09. The summed E-state index contributed by atoms with van der Waals surface area (Å²) in [5.74, 6) is -1.38. The van der Waals surface area contributed by atoms with Crippen LogP contribution < -0.4 is 11.1 Å². The minimum Gasteiger partial charge on any atom is -0.506 e. The number of nitrogen functional groups attached to an aromatic ring is 1. The van der Waals surface area contributed by atoms with E-state index in [2.05, 4.69) is 17.0 Å². The Kier molecular flexibility index (Phi) is 6.79. The fourth-order valence-corrected chi connectivity index (χ4v) is 2.09. The Morgan fingerprint density at radius 2 is 2.17 bits per heavy atom. The molecule has 1 amide bonds. The van der Waals surface area contributed by atoms with Crippen molar-refractivity contribution >= 4 is 24.3 Å². The Balaban J connectivity index is 2.86. The second-order valence-corrected chi connectivity index (χ2v) is 5.03. The van der Waals surface area contributed by atoms with Crippen molar-refractivity contribution in [1.82, 2.24) is 5.32 Å². The second-order valence-electron chi connectivity index (χ2n) is 5.03. The number of phenols is 1. The Hall–Kier alpha value is -2.83. The van der Waals surface area contributed by atoms with Gasteiger partial charge in [-0.3, -0.25) is 14.6 Å². The first-order chi connectivity index (χ1) is 10.9. The molecule has 0 saturated heterocycles. The van der Waals surface area contributed by atoms with Gasteiger partial charge in [-0.05, 0) is 44.2 Å². The van der Waals surface area contributed by atoms with Gasteiger partial charge in [0.05, 0.1) is 5.69 Å². The van der Waals surface area contributed by atoms with Crippen LogP contribution in [0.15, 0.2) is 35.0 Å². The van der Waals surface area contributed by atoms with E-state index < -0.39 is 17.9 Å². The van der Waals surface area contributed by atoms with Gasteiger partial charge in [0.2, 0.25) is 0 Å². The number of carboxylic acid groups (broad SMARTS) is 1. The van der Waals surface area contributed by atoms with Crippen LogP contribution in [0, 0.1) is 0 Å². The van der Waals surface area contributed by atoms with Crippen molar-refractivity contribution < 1.29 is 19.8 Å². The van der Waals surface area contributed by atoms with Gasteiger partial charge in [-0.2, -0.15) is 0 Å². The van der Waals surface area contributed by atoms with Crippen molar-refractivity contribution in [1.29, 1.82) is 0 Å². The lowest BCUT2D eigenvalue weighted by Gasteiger charge is -2.18. The Labute approximate surface area is 134 Å². The number of nitrogens with two attached hydrogens (primary N) is 1. The lowest BCUT2D eigenvalue weighted by molar-refractivity contribution is -0.137. The molecule has 1 aromatic carbocycles. The van der Waals surface area contributed by atoms with Crippen molar-refractivity contribution in [2.24, 2.45) is 4.99 Å². The van der Waals surface area contributed by atoms with Gasteiger partial charge >= 0.3 is 5.97 Å². The summed E-state index contributed by atoms with van der Waals surface area (Å²) in [5, 5.41) is 21.0. The number of amides is 1. The number of rotatable bonds is 8. The SMILES string of the molecule is C=N/C(=C\C)C(=O)N[C@H](CCC(=O)O)Cc1ccc(O)c(N)c1. The first kappa shape index (κ1) is 18.2. The van der Waals surface area contributed by atoms with Gasteiger partial charge in [0, 0.05) is 12.5 Å². The number of aliphatic imine (C=N–C) groups is 1. The molecular weight excluding hydrogens is 298 g/mol. The van der Waals surface area contributed by atoms with Crippen molar-refractivity contribution in [2.45, 2.75) is 32.2 Å². The van der Waals surface area contributed by atoms with Crippen LogP contribution in [0.5, 0.6) is 5.75 Å². The number of phenolic OH excluding ortho intramolecular Hbond substituents is 1. The predicted molar refractivity (Wildman–Crippen MR) is 88.3 cm³/mol. The molecule has 0 fully saturated rings. The number of aromatic hydroxyl groups is 1. The van der Waals surface area contributed by atoms with Gasteiger partial charge in [0.1, 0.15) is 11.4 Å². The monoisotopic (exact) mass is 319 g/mol. The molecule has 0 saturated carbocycles. The molecule has 7 nitrogen and oxygen atoms in total. The molecule has 1 atom stereocenters. The summed E-state index contributed by atoms with van der Waals surface area (Å²) in [6, 6.07) is 4.33.